The molecule has 2 amide bonds. The van der Waals surface area contributed by atoms with Crippen LogP contribution in [0.15, 0.2) is 18.2 Å². The molecule has 2 heterocycles. The number of anilines is 1. The van der Waals surface area contributed by atoms with Crippen LogP contribution in [0.2, 0.25) is 0 Å². The normalized spacial score (nSPS) is 26.4. The van der Waals surface area contributed by atoms with Crippen molar-refractivity contribution in [3.63, 3.8) is 0 Å². The van der Waals surface area contributed by atoms with Gasteiger partial charge in [-0.05, 0) is 25.0 Å². The fourth-order valence-electron chi connectivity index (χ4n) is 3.31. The van der Waals surface area contributed by atoms with E-state index < -0.39 is 18.5 Å². The Kier molecular flexibility index (Phi) is 4.42. The van der Waals surface area contributed by atoms with Crippen LogP contribution in [0, 0.1) is 12.3 Å². The molecular formula is C17H19N3O4. The molecule has 1 aromatic carbocycles. The van der Waals surface area contributed by atoms with Gasteiger partial charge in [0.15, 0.2) is 6.23 Å². The van der Waals surface area contributed by atoms with E-state index in [1.807, 2.05) is 0 Å². The molecule has 1 fully saturated rings. The summed E-state index contributed by atoms with van der Waals surface area (Å²) in [6.07, 6.45) is 4.07. The lowest BCUT2D eigenvalue weighted by Gasteiger charge is -2.33. The maximum atomic E-state index is 12.7. The van der Waals surface area contributed by atoms with Gasteiger partial charge in [-0.25, -0.2) is 0 Å². The molecule has 0 radical (unpaired) electrons. The summed E-state index contributed by atoms with van der Waals surface area (Å²) in [6.45, 7) is 0.263. The van der Waals surface area contributed by atoms with Gasteiger partial charge < -0.3 is 25.7 Å². The molecular weight excluding hydrogens is 310 g/mol. The molecule has 0 bridgehead atoms. The fourth-order valence-corrected chi connectivity index (χ4v) is 3.31. The summed E-state index contributed by atoms with van der Waals surface area (Å²) in [5, 5.41) is 26.4. The number of hydrogen-bond donors (Lipinski definition) is 4. The number of fused-ring (bicyclic) bond motifs is 1. The molecule has 2 aliphatic rings. The Morgan fingerprint density at radius 2 is 2.17 bits per heavy atom. The Bertz CT molecular complexity index is 712. The fraction of sp³-hybridized carbons (Fsp3) is 0.412. The van der Waals surface area contributed by atoms with E-state index in [4.69, 9.17) is 6.42 Å². The summed E-state index contributed by atoms with van der Waals surface area (Å²) in [7, 11) is 0. The van der Waals surface area contributed by atoms with Crippen LogP contribution in [0.5, 0.6) is 0 Å². The Labute approximate surface area is 139 Å². The van der Waals surface area contributed by atoms with E-state index in [1.165, 1.54) is 4.90 Å². The van der Waals surface area contributed by atoms with Crippen molar-refractivity contribution < 1.29 is 19.8 Å². The molecule has 3 rings (SSSR count). The number of amides is 2. The molecule has 0 saturated carbocycles. The zero-order valence-corrected chi connectivity index (χ0v) is 13.0. The number of rotatable bonds is 3. The van der Waals surface area contributed by atoms with Crippen molar-refractivity contribution in [2.24, 2.45) is 0 Å². The second-order valence-electron chi connectivity index (χ2n) is 5.88. The second kappa shape index (κ2) is 6.51. The molecule has 1 saturated heterocycles. The van der Waals surface area contributed by atoms with Crippen molar-refractivity contribution in [3.8, 4) is 12.3 Å². The van der Waals surface area contributed by atoms with Crippen molar-refractivity contribution >= 4 is 17.5 Å². The van der Waals surface area contributed by atoms with Crippen LogP contribution in [0.3, 0.4) is 0 Å². The number of carbonyl (C=O) groups excluding carboxylic acids is 2. The van der Waals surface area contributed by atoms with Gasteiger partial charge in [-0.3, -0.25) is 9.59 Å². The van der Waals surface area contributed by atoms with Gasteiger partial charge in [0, 0.05) is 23.2 Å². The third-order valence-electron chi connectivity index (χ3n) is 4.41. The van der Waals surface area contributed by atoms with Crippen LogP contribution in [0.1, 0.15) is 41.4 Å². The first-order chi connectivity index (χ1) is 11.5. The molecule has 24 heavy (non-hydrogen) atoms. The van der Waals surface area contributed by atoms with E-state index in [-0.39, 0.29) is 24.8 Å². The lowest BCUT2D eigenvalue weighted by atomic mass is 10.1. The van der Waals surface area contributed by atoms with Crippen LogP contribution in [-0.2, 0) is 4.79 Å². The van der Waals surface area contributed by atoms with E-state index in [2.05, 4.69) is 16.6 Å². The smallest absolute Gasteiger partial charge is 0.257 e. The van der Waals surface area contributed by atoms with Crippen molar-refractivity contribution in [2.45, 2.75) is 37.8 Å². The number of aliphatic hydroxyl groups is 2. The lowest BCUT2D eigenvalue weighted by molar-refractivity contribution is -0.125. The quantitative estimate of drug-likeness (QED) is 0.592. The molecule has 0 aromatic heterocycles. The van der Waals surface area contributed by atoms with Crippen LogP contribution >= 0.6 is 0 Å². The number of hydrogen-bond acceptors (Lipinski definition) is 5. The van der Waals surface area contributed by atoms with Crippen LogP contribution in [0.25, 0.3) is 0 Å². The predicted molar refractivity (Wildman–Crippen MR) is 86.7 cm³/mol. The SMILES string of the molecule is C#CCNc1cccc2c1C(O)N(C1CCCC(=O)NC1O)C2=O. The van der Waals surface area contributed by atoms with Gasteiger partial charge >= 0.3 is 0 Å². The summed E-state index contributed by atoms with van der Waals surface area (Å²) >= 11 is 0. The Balaban J connectivity index is 1.93. The zero-order chi connectivity index (χ0) is 17.3. The second-order valence-corrected chi connectivity index (χ2v) is 5.88. The van der Waals surface area contributed by atoms with Crippen LogP contribution < -0.4 is 10.6 Å². The van der Waals surface area contributed by atoms with Gasteiger partial charge in [-0.2, -0.15) is 0 Å². The average Bonchev–Trinajstić information content (AvgIpc) is 2.70. The standard InChI is InChI=1S/C17H19N3O4/c1-2-9-18-11-6-3-5-10-14(11)17(24)20(16(10)23)12-7-4-8-13(21)19-15(12)22/h1,3,5-6,12,15,17-18,22,24H,4,7-9H2,(H,19,21). The number of benzene rings is 1. The van der Waals surface area contributed by atoms with Gasteiger partial charge in [-0.1, -0.05) is 12.0 Å². The molecule has 2 aliphatic heterocycles. The van der Waals surface area contributed by atoms with Gasteiger partial charge in [0.05, 0.1) is 12.6 Å². The highest BCUT2D eigenvalue weighted by Crippen LogP contribution is 2.39. The molecule has 1 aromatic rings. The molecule has 7 nitrogen and oxygen atoms in total. The molecule has 3 atom stereocenters. The summed E-state index contributed by atoms with van der Waals surface area (Å²) < 4.78 is 0. The average molecular weight is 329 g/mol. The van der Waals surface area contributed by atoms with Crippen molar-refractivity contribution in [2.75, 3.05) is 11.9 Å². The number of nitrogens with one attached hydrogen (secondary N) is 2. The van der Waals surface area contributed by atoms with E-state index >= 15 is 0 Å². The highest BCUT2D eigenvalue weighted by Gasteiger charge is 2.44. The Hall–Kier alpha value is -2.56. The van der Waals surface area contributed by atoms with Gasteiger partial charge in [-0.15, -0.1) is 6.42 Å². The topological polar surface area (TPSA) is 102 Å². The summed E-state index contributed by atoms with van der Waals surface area (Å²) in [5.74, 6) is 1.81. The molecule has 4 N–H and O–H groups in total. The summed E-state index contributed by atoms with van der Waals surface area (Å²) in [6, 6.07) is 4.38. The van der Waals surface area contributed by atoms with E-state index in [1.54, 1.807) is 18.2 Å². The highest BCUT2D eigenvalue weighted by atomic mass is 16.3. The molecule has 0 aliphatic carbocycles. The van der Waals surface area contributed by atoms with E-state index in [0.29, 0.717) is 29.7 Å². The number of aliphatic hydroxyl groups excluding tert-OH is 2. The third kappa shape index (κ3) is 2.70. The van der Waals surface area contributed by atoms with Gasteiger partial charge in [0.25, 0.3) is 5.91 Å². The van der Waals surface area contributed by atoms with Gasteiger partial charge in [0.2, 0.25) is 5.91 Å². The first-order valence-corrected chi connectivity index (χ1v) is 7.83. The number of nitrogens with zero attached hydrogens (tertiary/aromatic N) is 1. The number of carbonyl (C=O) groups is 2. The zero-order valence-electron chi connectivity index (χ0n) is 13.0. The Morgan fingerprint density at radius 3 is 2.92 bits per heavy atom. The van der Waals surface area contributed by atoms with E-state index in [0.717, 1.165) is 0 Å². The maximum Gasteiger partial charge on any atom is 0.257 e. The molecule has 3 unspecified atom stereocenters. The maximum absolute atomic E-state index is 12.7. The highest BCUT2D eigenvalue weighted by molar-refractivity contribution is 6.01. The molecule has 7 heteroatoms. The number of terminal acetylenes is 1. The van der Waals surface area contributed by atoms with Crippen LogP contribution in [0.4, 0.5) is 5.69 Å². The van der Waals surface area contributed by atoms with Crippen molar-refractivity contribution in [1.29, 1.82) is 0 Å². The predicted octanol–water partition coefficient (Wildman–Crippen LogP) is 0.165. The summed E-state index contributed by atoms with van der Waals surface area (Å²) in [4.78, 5) is 25.5. The minimum Gasteiger partial charge on any atom is -0.374 e. The lowest BCUT2D eigenvalue weighted by Crippen LogP contribution is -2.51. The largest absolute Gasteiger partial charge is 0.374 e. The minimum absolute atomic E-state index is 0.263. The van der Waals surface area contributed by atoms with Crippen molar-refractivity contribution in [1.82, 2.24) is 10.2 Å². The van der Waals surface area contributed by atoms with Crippen LogP contribution in [-0.4, -0.2) is 45.7 Å². The third-order valence-corrected chi connectivity index (χ3v) is 4.41. The van der Waals surface area contributed by atoms with Crippen molar-refractivity contribution in [3.05, 3.63) is 29.3 Å². The Morgan fingerprint density at radius 1 is 1.38 bits per heavy atom. The first-order valence-electron chi connectivity index (χ1n) is 7.83. The molecule has 126 valence electrons. The minimum atomic E-state index is -1.21. The monoisotopic (exact) mass is 329 g/mol. The molecule has 0 spiro atoms. The van der Waals surface area contributed by atoms with Gasteiger partial charge in [0.1, 0.15) is 6.23 Å². The summed E-state index contributed by atoms with van der Waals surface area (Å²) in [5.41, 5.74) is 1.40. The van der Waals surface area contributed by atoms with E-state index in [9.17, 15) is 19.8 Å². The first kappa shape index (κ1) is 16.3.